The second kappa shape index (κ2) is 7.25. The molecule has 3 atom stereocenters. The number of nitrogens with zero attached hydrogens (tertiary/aromatic N) is 3. The average Bonchev–Trinajstić information content (AvgIpc) is 3.20. The standard InChI is InChI=1S/C28H23N3O2/c1-18-12-14-20(15-13-18)26-28(16-29)17-32-23-11-7-6-10-22(23)25(28)24-19(2)30-31(27(24)33-26)21-8-4-3-5-9-21/h3-15,25-26H,17H2,1-2H3/t25-,26+,28-/m0/s1. The van der Waals surface area contributed by atoms with Gasteiger partial charge in [-0.05, 0) is 37.6 Å². The monoisotopic (exact) mass is 433 g/mol. The molecule has 0 fully saturated rings. The van der Waals surface area contributed by atoms with Crippen LogP contribution in [0, 0.1) is 30.6 Å². The van der Waals surface area contributed by atoms with Crippen molar-refractivity contribution in [2.24, 2.45) is 5.41 Å². The zero-order chi connectivity index (χ0) is 22.6. The molecule has 0 N–H and O–H groups in total. The summed E-state index contributed by atoms with van der Waals surface area (Å²) >= 11 is 0. The summed E-state index contributed by atoms with van der Waals surface area (Å²) in [5, 5.41) is 15.6. The van der Waals surface area contributed by atoms with Gasteiger partial charge in [0, 0.05) is 17.0 Å². The van der Waals surface area contributed by atoms with E-state index in [1.807, 2.05) is 60.1 Å². The maximum absolute atomic E-state index is 10.7. The van der Waals surface area contributed by atoms with Crippen LogP contribution in [0.4, 0.5) is 0 Å². The molecule has 0 aliphatic carbocycles. The number of ether oxygens (including phenoxy) is 2. The Morgan fingerprint density at radius 1 is 0.970 bits per heavy atom. The molecule has 3 aromatic carbocycles. The van der Waals surface area contributed by atoms with Gasteiger partial charge in [-0.1, -0.05) is 66.2 Å². The highest BCUT2D eigenvalue weighted by atomic mass is 16.5. The number of nitriles is 1. The summed E-state index contributed by atoms with van der Waals surface area (Å²) in [5.74, 6) is 1.28. The fourth-order valence-electron chi connectivity index (χ4n) is 5.24. The van der Waals surface area contributed by atoms with Crippen molar-refractivity contribution in [3.63, 3.8) is 0 Å². The van der Waals surface area contributed by atoms with E-state index in [0.29, 0.717) is 5.88 Å². The molecule has 1 aromatic heterocycles. The Kier molecular flexibility index (Phi) is 4.31. The highest BCUT2D eigenvalue weighted by Crippen LogP contribution is 2.60. The lowest BCUT2D eigenvalue weighted by molar-refractivity contribution is -0.000491. The molecule has 5 nitrogen and oxygen atoms in total. The van der Waals surface area contributed by atoms with Crippen LogP contribution in [0.25, 0.3) is 5.69 Å². The predicted octanol–water partition coefficient (Wildman–Crippen LogP) is 5.66. The van der Waals surface area contributed by atoms with Crippen molar-refractivity contribution in [2.75, 3.05) is 6.61 Å². The molecule has 4 aromatic rings. The van der Waals surface area contributed by atoms with Gasteiger partial charge in [0.15, 0.2) is 0 Å². The molecular weight excluding hydrogens is 410 g/mol. The maximum atomic E-state index is 10.7. The minimum atomic E-state index is -0.925. The quantitative estimate of drug-likeness (QED) is 0.409. The number of aryl methyl sites for hydroxylation is 2. The lowest BCUT2D eigenvalue weighted by atomic mass is 9.62. The van der Waals surface area contributed by atoms with Gasteiger partial charge in [0.2, 0.25) is 5.88 Å². The molecule has 0 saturated heterocycles. The first-order valence-corrected chi connectivity index (χ1v) is 11.1. The molecular formula is C28H23N3O2. The highest BCUT2D eigenvalue weighted by molar-refractivity contribution is 5.56. The topological polar surface area (TPSA) is 60.1 Å². The van der Waals surface area contributed by atoms with Crippen LogP contribution in [0.15, 0.2) is 78.9 Å². The van der Waals surface area contributed by atoms with Crippen LogP contribution in [0.3, 0.4) is 0 Å². The Morgan fingerprint density at radius 2 is 1.70 bits per heavy atom. The molecule has 33 heavy (non-hydrogen) atoms. The van der Waals surface area contributed by atoms with Gasteiger partial charge in [0.1, 0.15) is 23.9 Å². The fraction of sp³-hybridized carbons (Fsp3) is 0.214. The van der Waals surface area contributed by atoms with Gasteiger partial charge < -0.3 is 9.47 Å². The number of hydrogen-bond donors (Lipinski definition) is 0. The summed E-state index contributed by atoms with van der Waals surface area (Å²) < 4.78 is 14.8. The van der Waals surface area contributed by atoms with Crippen LogP contribution >= 0.6 is 0 Å². The van der Waals surface area contributed by atoms with Gasteiger partial charge in [-0.15, -0.1) is 0 Å². The largest absolute Gasteiger partial charge is 0.491 e. The molecule has 0 saturated carbocycles. The Bertz CT molecular complexity index is 1390. The number of fused-ring (bicyclic) bond motifs is 5. The van der Waals surface area contributed by atoms with Crippen molar-refractivity contribution in [1.29, 1.82) is 5.26 Å². The van der Waals surface area contributed by atoms with Gasteiger partial charge in [-0.2, -0.15) is 10.4 Å². The van der Waals surface area contributed by atoms with Crippen molar-refractivity contribution < 1.29 is 9.47 Å². The van der Waals surface area contributed by atoms with E-state index >= 15 is 0 Å². The third-order valence-corrected chi connectivity index (χ3v) is 6.85. The summed E-state index contributed by atoms with van der Waals surface area (Å²) in [4.78, 5) is 0. The highest BCUT2D eigenvalue weighted by Gasteiger charge is 2.58. The summed E-state index contributed by atoms with van der Waals surface area (Å²) in [7, 11) is 0. The van der Waals surface area contributed by atoms with E-state index in [-0.39, 0.29) is 12.5 Å². The zero-order valence-electron chi connectivity index (χ0n) is 18.5. The van der Waals surface area contributed by atoms with Crippen molar-refractivity contribution >= 4 is 0 Å². The molecule has 0 unspecified atom stereocenters. The Balaban J connectivity index is 1.65. The van der Waals surface area contributed by atoms with Gasteiger partial charge in [0.25, 0.3) is 0 Å². The van der Waals surface area contributed by atoms with Crippen LogP contribution in [-0.2, 0) is 0 Å². The van der Waals surface area contributed by atoms with Crippen molar-refractivity contribution in [2.45, 2.75) is 25.9 Å². The second-order valence-corrected chi connectivity index (χ2v) is 8.87. The number of rotatable bonds is 2. The molecule has 0 amide bonds. The number of aromatic nitrogens is 2. The van der Waals surface area contributed by atoms with E-state index in [1.54, 1.807) is 0 Å². The third kappa shape index (κ3) is 2.81. The summed E-state index contributed by atoms with van der Waals surface area (Å²) in [6.07, 6.45) is -0.507. The molecule has 5 heteroatoms. The summed E-state index contributed by atoms with van der Waals surface area (Å²) in [6, 6.07) is 28.9. The van der Waals surface area contributed by atoms with E-state index in [1.165, 1.54) is 0 Å². The van der Waals surface area contributed by atoms with Gasteiger partial charge in [-0.25, -0.2) is 4.68 Å². The maximum Gasteiger partial charge on any atom is 0.221 e. The Labute approximate surface area is 192 Å². The van der Waals surface area contributed by atoms with E-state index in [2.05, 4.69) is 43.3 Å². The first-order valence-electron chi connectivity index (χ1n) is 11.1. The Morgan fingerprint density at radius 3 is 2.45 bits per heavy atom. The zero-order valence-corrected chi connectivity index (χ0v) is 18.5. The minimum Gasteiger partial charge on any atom is -0.491 e. The molecule has 6 rings (SSSR count). The predicted molar refractivity (Wildman–Crippen MR) is 125 cm³/mol. The summed E-state index contributed by atoms with van der Waals surface area (Å²) in [6.45, 7) is 4.30. The van der Waals surface area contributed by atoms with Crippen LogP contribution in [-0.4, -0.2) is 16.4 Å². The SMILES string of the molecule is Cc1ccc([C@H]2Oc3c(c(C)nn3-c3ccccc3)[C@@H]3c4ccccc4OC[C@@]32C#N)cc1. The molecule has 2 aliphatic heterocycles. The smallest absolute Gasteiger partial charge is 0.221 e. The average molecular weight is 434 g/mol. The van der Waals surface area contributed by atoms with Crippen LogP contribution in [0.2, 0.25) is 0 Å². The first-order chi connectivity index (χ1) is 16.1. The lowest BCUT2D eigenvalue weighted by Crippen LogP contribution is -2.48. The van der Waals surface area contributed by atoms with Gasteiger partial charge >= 0.3 is 0 Å². The lowest BCUT2D eigenvalue weighted by Gasteiger charge is -2.47. The van der Waals surface area contributed by atoms with E-state index in [9.17, 15) is 5.26 Å². The van der Waals surface area contributed by atoms with Gasteiger partial charge in [-0.3, -0.25) is 0 Å². The molecule has 0 bridgehead atoms. The van der Waals surface area contributed by atoms with Crippen molar-refractivity contribution in [1.82, 2.24) is 9.78 Å². The minimum absolute atomic E-state index is 0.222. The van der Waals surface area contributed by atoms with Crippen molar-refractivity contribution in [3.8, 4) is 23.4 Å². The van der Waals surface area contributed by atoms with Gasteiger partial charge in [0.05, 0.1) is 17.5 Å². The van der Waals surface area contributed by atoms with E-state index in [4.69, 9.17) is 14.6 Å². The molecule has 0 radical (unpaired) electrons. The first kappa shape index (κ1) is 19.6. The molecule has 162 valence electrons. The second-order valence-electron chi connectivity index (χ2n) is 8.87. The third-order valence-electron chi connectivity index (χ3n) is 6.85. The van der Waals surface area contributed by atoms with E-state index in [0.717, 1.165) is 39.4 Å². The van der Waals surface area contributed by atoms with E-state index < -0.39 is 11.5 Å². The number of benzene rings is 3. The van der Waals surface area contributed by atoms with Crippen molar-refractivity contribution in [3.05, 3.63) is 107 Å². The number of hydrogen-bond acceptors (Lipinski definition) is 4. The molecule has 2 aliphatic rings. The van der Waals surface area contributed by atoms with Crippen LogP contribution < -0.4 is 9.47 Å². The molecule has 3 heterocycles. The Hall–Kier alpha value is -4.04. The fourth-order valence-corrected chi connectivity index (χ4v) is 5.24. The van der Waals surface area contributed by atoms with Crippen LogP contribution in [0.1, 0.15) is 40.0 Å². The number of para-hydroxylation sites is 2. The summed E-state index contributed by atoms with van der Waals surface area (Å²) in [5.41, 5.74) is 4.94. The van der Waals surface area contributed by atoms with Crippen LogP contribution in [0.5, 0.6) is 11.6 Å². The molecule has 0 spiro atoms. The normalized spacial score (nSPS) is 22.7.